The lowest BCUT2D eigenvalue weighted by atomic mass is 9.58. The van der Waals surface area contributed by atoms with Gasteiger partial charge in [-0.05, 0) is 68.1 Å². The summed E-state index contributed by atoms with van der Waals surface area (Å²) in [5, 5.41) is 3.47. The number of piperidine rings is 1. The van der Waals surface area contributed by atoms with Crippen molar-refractivity contribution in [2.45, 2.75) is 90.9 Å². The molecule has 0 aromatic rings. The summed E-state index contributed by atoms with van der Waals surface area (Å²) in [5.41, 5.74) is 3.01. The van der Waals surface area contributed by atoms with E-state index in [0.717, 1.165) is 24.2 Å². The Bertz CT molecular complexity index is 455. The first kappa shape index (κ1) is 18.1. The SMILES string of the molecule is C=C1CCC(C2CCCC(C)(C3CCCC(C)CCC3)C2)C(=C)N1. The second kappa shape index (κ2) is 7.67. The first-order valence-electron chi connectivity index (χ1n) is 10.6. The molecule has 1 N–H and O–H groups in total. The molecule has 1 saturated heterocycles. The number of hydrogen-bond donors (Lipinski definition) is 1. The van der Waals surface area contributed by atoms with Gasteiger partial charge in [0.1, 0.15) is 0 Å². The highest BCUT2D eigenvalue weighted by molar-refractivity contribution is 5.15. The van der Waals surface area contributed by atoms with Crippen molar-refractivity contribution in [3.63, 3.8) is 0 Å². The summed E-state index contributed by atoms with van der Waals surface area (Å²) in [4.78, 5) is 0. The maximum absolute atomic E-state index is 4.35. The number of allylic oxidation sites excluding steroid dienone is 2. The minimum Gasteiger partial charge on any atom is -0.363 e. The second-order valence-electron chi connectivity index (χ2n) is 9.57. The van der Waals surface area contributed by atoms with E-state index in [9.17, 15) is 0 Å². The third kappa shape index (κ3) is 4.09. The van der Waals surface area contributed by atoms with Crippen LogP contribution in [0.15, 0.2) is 24.6 Å². The fraction of sp³-hybridized carbons (Fsp3) is 0.826. The summed E-state index contributed by atoms with van der Waals surface area (Å²) in [6.45, 7) is 13.5. The standard InChI is InChI=1S/C23H39N/c1-17-8-5-11-21(12-6-9-17)23(4)15-7-10-20(16-23)22-14-13-18(2)24-19(22)3/h17,20-22,24H,2-3,5-16H2,1,4H3. The van der Waals surface area contributed by atoms with Crippen LogP contribution in [0.5, 0.6) is 0 Å². The van der Waals surface area contributed by atoms with Gasteiger partial charge in [-0.2, -0.15) is 0 Å². The van der Waals surface area contributed by atoms with Crippen molar-refractivity contribution in [3.05, 3.63) is 24.6 Å². The van der Waals surface area contributed by atoms with E-state index in [1.807, 2.05) is 0 Å². The van der Waals surface area contributed by atoms with Crippen LogP contribution in [0.2, 0.25) is 0 Å². The van der Waals surface area contributed by atoms with Crippen LogP contribution in [0.1, 0.15) is 90.9 Å². The van der Waals surface area contributed by atoms with Crippen molar-refractivity contribution in [1.29, 1.82) is 0 Å². The fourth-order valence-corrected chi connectivity index (χ4v) is 6.10. The highest BCUT2D eigenvalue weighted by atomic mass is 14.9. The smallest absolute Gasteiger partial charge is 0.0110 e. The molecule has 3 atom stereocenters. The summed E-state index contributed by atoms with van der Waals surface area (Å²) < 4.78 is 0. The molecule has 2 aliphatic carbocycles. The molecule has 2 saturated carbocycles. The lowest BCUT2D eigenvalue weighted by molar-refractivity contribution is 0.0453. The van der Waals surface area contributed by atoms with Crippen LogP contribution in [0, 0.1) is 29.1 Å². The van der Waals surface area contributed by atoms with Crippen LogP contribution < -0.4 is 5.32 Å². The van der Waals surface area contributed by atoms with Gasteiger partial charge in [0, 0.05) is 17.3 Å². The van der Waals surface area contributed by atoms with Crippen LogP contribution in [-0.4, -0.2) is 0 Å². The molecule has 24 heavy (non-hydrogen) atoms. The van der Waals surface area contributed by atoms with Crippen molar-refractivity contribution in [1.82, 2.24) is 5.32 Å². The average Bonchev–Trinajstić information content (AvgIpc) is 2.50. The van der Waals surface area contributed by atoms with E-state index in [0.29, 0.717) is 11.3 Å². The maximum Gasteiger partial charge on any atom is 0.0110 e. The van der Waals surface area contributed by atoms with Gasteiger partial charge in [0.05, 0.1) is 0 Å². The molecule has 136 valence electrons. The lowest BCUT2D eigenvalue weighted by Crippen LogP contribution is -2.39. The molecule has 0 aromatic carbocycles. The summed E-state index contributed by atoms with van der Waals surface area (Å²) in [7, 11) is 0. The Morgan fingerprint density at radius 3 is 2.33 bits per heavy atom. The molecule has 3 fully saturated rings. The van der Waals surface area contributed by atoms with Gasteiger partial charge in [0.2, 0.25) is 0 Å². The van der Waals surface area contributed by atoms with Crippen molar-refractivity contribution in [2.24, 2.45) is 29.1 Å². The molecule has 0 spiro atoms. The first-order chi connectivity index (χ1) is 11.5. The van der Waals surface area contributed by atoms with Crippen molar-refractivity contribution < 1.29 is 0 Å². The largest absolute Gasteiger partial charge is 0.363 e. The molecule has 1 nitrogen and oxygen atoms in total. The van der Waals surface area contributed by atoms with E-state index in [2.05, 4.69) is 32.3 Å². The van der Waals surface area contributed by atoms with Crippen LogP contribution in [0.4, 0.5) is 0 Å². The van der Waals surface area contributed by atoms with Gasteiger partial charge in [0.15, 0.2) is 0 Å². The van der Waals surface area contributed by atoms with Crippen LogP contribution in [0.25, 0.3) is 0 Å². The Hall–Kier alpha value is -0.720. The van der Waals surface area contributed by atoms with E-state index in [1.54, 1.807) is 0 Å². The highest BCUT2D eigenvalue weighted by Crippen LogP contribution is 2.52. The molecule has 0 bridgehead atoms. The summed E-state index contributed by atoms with van der Waals surface area (Å²) in [5.74, 6) is 3.46. The third-order valence-electron chi connectivity index (χ3n) is 7.65. The van der Waals surface area contributed by atoms with E-state index >= 15 is 0 Å². The van der Waals surface area contributed by atoms with Gasteiger partial charge >= 0.3 is 0 Å². The molecular weight excluding hydrogens is 290 g/mol. The van der Waals surface area contributed by atoms with Gasteiger partial charge in [-0.1, -0.05) is 59.1 Å². The molecule has 1 heterocycles. The zero-order valence-corrected chi connectivity index (χ0v) is 16.2. The molecule has 1 aliphatic heterocycles. The maximum atomic E-state index is 4.35. The molecule has 0 amide bonds. The third-order valence-corrected chi connectivity index (χ3v) is 7.65. The average molecular weight is 330 g/mol. The predicted molar refractivity (Wildman–Crippen MR) is 105 cm³/mol. The first-order valence-corrected chi connectivity index (χ1v) is 10.6. The second-order valence-corrected chi connectivity index (χ2v) is 9.57. The molecular formula is C23H39N. The van der Waals surface area contributed by atoms with Crippen LogP contribution >= 0.6 is 0 Å². The Labute approximate surface area is 150 Å². The van der Waals surface area contributed by atoms with E-state index in [1.165, 1.54) is 82.0 Å². The zero-order chi connectivity index (χ0) is 17.2. The van der Waals surface area contributed by atoms with Gasteiger partial charge in [0.25, 0.3) is 0 Å². The van der Waals surface area contributed by atoms with Gasteiger partial charge in [-0.3, -0.25) is 0 Å². The zero-order valence-electron chi connectivity index (χ0n) is 16.2. The van der Waals surface area contributed by atoms with E-state index < -0.39 is 0 Å². The van der Waals surface area contributed by atoms with Crippen LogP contribution in [0.3, 0.4) is 0 Å². The quantitative estimate of drug-likeness (QED) is 0.586. The van der Waals surface area contributed by atoms with E-state index in [-0.39, 0.29) is 0 Å². The summed E-state index contributed by atoms with van der Waals surface area (Å²) >= 11 is 0. The molecule has 3 rings (SSSR count). The fourth-order valence-electron chi connectivity index (χ4n) is 6.10. The number of rotatable bonds is 2. The number of nitrogens with one attached hydrogen (secondary N) is 1. The Balaban J connectivity index is 1.65. The summed E-state index contributed by atoms with van der Waals surface area (Å²) in [6, 6.07) is 0. The van der Waals surface area contributed by atoms with Crippen molar-refractivity contribution >= 4 is 0 Å². The van der Waals surface area contributed by atoms with Crippen LogP contribution in [-0.2, 0) is 0 Å². The lowest BCUT2D eigenvalue weighted by Gasteiger charge is -2.48. The van der Waals surface area contributed by atoms with Crippen molar-refractivity contribution in [2.75, 3.05) is 0 Å². The number of hydrogen-bond acceptors (Lipinski definition) is 1. The van der Waals surface area contributed by atoms with Crippen molar-refractivity contribution in [3.8, 4) is 0 Å². The Morgan fingerprint density at radius 2 is 1.67 bits per heavy atom. The molecule has 0 radical (unpaired) electrons. The Morgan fingerprint density at radius 1 is 0.958 bits per heavy atom. The van der Waals surface area contributed by atoms with Gasteiger partial charge in [-0.25, -0.2) is 0 Å². The van der Waals surface area contributed by atoms with E-state index in [4.69, 9.17) is 0 Å². The minimum absolute atomic E-state index is 0.582. The van der Waals surface area contributed by atoms with Gasteiger partial charge in [-0.15, -0.1) is 0 Å². The molecule has 3 unspecified atom stereocenters. The topological polar surface area (TPSA) is 12.0 Å². The van der Waals surface area contributed by atoms with Gasteiger partial charge < -0.3 is 5.32 Å². The predicted octanol–water partition coefficient (Wildman–Crippen LogP) is 6.82. The molecule has 3 aliphatic rings. The highest BCUT2D eigenvalue weighted by Gasteiger charge is 2.41. The molecule has 0 aromatic heterocycles. The molecule has 1 heteroatoms. The monoisotopic (exact) mass is 329 g/mol. The summed E-state index contributed by atoms with van der Waals surface area (Å²) in [6.07, 6.45) is 17.0. The normalized spacial score (nSPS) is 42.1. The minimum atomic E-state index is 0.582. The Kier molecular flexibility index (Phi) is 5.78.